The third-order valence-electron chi connectivity index (χ3n) is 14.4. The van der Waals surface area contributed by atoms with Gasteiger partial charge < -0.3 is 34.2 Å². The standard InChI is InChI=1S/C23H18ClF3N2OS.C22H17ClF3N3O2.C22H16ClF3N2OS/c1-31-22-28-14-21(15-3-2-4-16(13-15)23(25,26)27)29(22)18-7-11-20(12-8-18)30-19-9-5-17(24)6-10-19;23-16-4-8-18(9-5-16)31-19-10-6-17(7-11-19)29-20(13-27-21(29)28-30)14-2-1-3-15(12-14)22(24,25)26;23-16-4-8-18(9-5-16)29-19-10-6-17(7-11-19)28-20(13-27-21(28)30)14-2-1-3-15(12-14)22(24,25)26/h2-13,21H,14H2,1H3;1-12,20,30H,13H2,(H,27,28);1-12,20H,13H2,(H,27,30). The normalized spacial score (nSPS) is 16.3. The van der Waals surface area contributed by atoms with E-state index in [1.807, 2.05) is 57.9 Å². The molecule has 9 aromatic rings. The first-order chi connectivity index (χ1) is 44.0. The second-order valence-electron chi connectivity index (χ2n) is 20.5. The van der Waals surface area contributed by atoms with Gasteiger partial charge in [0, 0.05) is 38.7 Å². The highest BCUT2D eigenvalue weighted by Crippen LogP contribution is 2.41. The average molecular weight is 1360 g/mol. The average Bonchev–Trinajstić information content (AvgIpc) is 1.74. The zero-order chi connectivity index (χ0) is 65.3. The Morgan fingerprint density at radius 3 is 1.12 bits per heavy atom. The molecule has 3 unspecified atom stereocenters. The van der Waals surface area contributed by atoms with Crippen LogP contribution in [0.25, 0.3) is 0 Å². The van der Waals surface area contributed by atoms with Crippen LogP contribution in [-0.2, 0) is 18.5 Å². The van der Waals surface area contributed by atoms with Crippen molar-refractivity contribution in [2.24, 2.45) is 9.98 Å². The summed E-state index contributed by atoms with van der Waals surface area (Å²) in [5.74, 6) is 3.89. The van der Waals surface area contributed by atoms with Crippen LogP contribution in [0.2, 0.25) is 15.1 Å². The molecule has 0 spiro atoms. The lowest BCUT2D eigenvalue weighted by Gasteiger charge is -2.28. The molecule has 0 aliphatic carbocycles. The van der Waals surface area contributed by atoms with E-state index >= 15 is 0 Å². The van der Waals surface area contributed by atoms with Gasteiger partial charge >= 0.3 is 18.5 Å². The van der Waals surface area contributed by atoms with Crippen LogP contribution in [0.1, 0.15) is 51.5 Å². The van der Waals surface area contributed by atoms with Crippen LogP contribution in [0.3, 0.4) is 0 Å². The molecule has 3 N–H and O–H groups in total. The molecular weight excluding hydrogens is 1310 g/mol. The van der Waals surface area contributed by atoms with E-state index in [4.69, 9.17) is 61.2 Å². The number of amidine groups is 1. The molecule has 0 saturated carbocycles. The summed E-state index contributed by atoms with van der Waals surface area (Å²) >= 11 is 24.5. The van der Waals surface area contributed by atoms with Crippen LogP contribution in [0.5, 0.6) is 34.5 Å². The fourth-order valence-corrected chi connectivity index (χ4v) is 11.4. The maximum absolute atomic E-state index is 13.2. The van der Waals surface area contributed by atoms with Crippen LogP contribution in [0, 0.1) is 0 Å². The van der Waals surface area contributed by atoms with Crippen molar-refractivity contribution in [3.8, 4) is 34.5 Å². The number of alkyl halides is 9. The van der Waals surface area contributed by atoms with Crippen LogP contribution >= 0.6 is 58.8 Å². The lowest BCUT2D eigenvalue weighted by atomic mass is 10.0. The minimum absolute atomic E-state index is 0.147. The highest BCUT2D eigenvalue weighted by molar-refractivity contribution is 8.13. The van der Waals surface area contributed by atoms with E-state index in [1.165, 1.54) is 42.1 Å². The predicted octanol–water partition coefficient (Wildman–Crippen LogP) is 20.1. The molecule has 1 fully saturated rings. The van der Waals surface area contributed by atoms with Gasteiger partial charge in [0.1, 0.15) is 34.5 Å². The number of hydroxylamine groups is 1. The van der Waals surface area contributed by atoms with E-state index in [0.717, 1.165) is 40.8 Å². The van der Waals surface area contributed by atoms with Crippen molar-refractivity contribution in [1.29, 1.82) is 0 Å². The van der Waals surface area contributed by atoms with Gasteiger partial charge in [0.2, 0.25) is 5.96 Å². The van der Waals surface area contributed by atoms with Gasteiger partial charge in [0.25, 0.3) is 0 Å². The SMILES string of the molecule is CSC1=NCC(c2cccc(C(F)(F)F)c2)N1c1ccc(Oc2ccc(Cl)cc2)cc1.FC(F)(F)c1cccc(C2CNC(=S)N2c2ccc(Oc3ccc(Cl)cc3)cc2)c1.ONC1=NCC(c2cccc(C(F)(F)F)c2)N1c1ccc(Oc2ccc(Cl)cc2)cc1. The van der Waals surface area contributed by atoms with Gasteiger partial charge in [0.15, 0.2) is 10.3 Å². The van der Waals surface area contributed by atoms with Crippen LogP contribution < -0.4 is 39.7 Å². The van der Waals surface area contributed by atoms with Gasteiger partial charge in [-0.15, -0.1) is 0 Å². The monoisotopic (exact) mass is 1360 g/mol. The van der Waals surface area contributed by atoms with Gasteiger partial charge in [-0.05, 0) is 217 Å². The number of halogens is 12. The van der Waals surface area contributed by atoms with E-state index in [0.29, 0.717) is 90.1 Å². The second kappa shape index (κ2) is 28.9. The molecule has 3 atom stereocenters. The van der Waals surface area contributed by atoms with E-state index in [-0.39, 0.29) is 24.6 Å². The van der Waals surface area contributed by atoms with Crippen molar-refractivity contribution in [1.82, 2.24) is 10.8 Å². The number of ether oxygens (including phenoxy) is 3. The second-order valence-corrected chi connectivity index (χ2v) is 22.9. The summed E-state index contributed by atoms with van der Waals surface area (Å²) in [5, 5.41) is 15.6. The smallest absolute Gasteiger partial charge is 0.416 e. The first-order valence-electron chi connectivity index (χ1n) is 27.8. The zero-order valence-electron chi connectivity index (χ0n) is 47.9. The Morgan fingerprint density at radius 1 is 0.457 bits per heavy atom. The highest BCUT2D eigenvalue weighted by Gasteiger charge is 2.38. The molecule has 0 amide bonds. The number of thiocarbonyl (C=S) groups is 1. The molecule has 0 radical (unpaired) electrons. The molecule has 25 heteroatoms. The van der Waals surface area contributed by atoms with E-state index in [1.54, 1.807) is 132 Å². The minimum atomic E-state index is -4.45. The van der Waals surface area contributed by atoms with E-state index < -0.39 is 41.3 Å². The van der Waals surface area contributed by atoms with E-state index in [9.17, 15) is 44.7 Å². The molecule has 92 heavy (non-hydrogen) atoms. The topological polar surface area (TPSA) is 106 Å². The number of aliphatic imine (C=N–C) groups is 2. The molecule has 11 nitrogen and oxygen atoms in total. The van der Waals surface area contributed by atoms with Gasteiger partial charge in [0.05, 0.1) is 47.9 Å². The Hall–Kier alpha value is -8.64. The first kappa shape index (κ1) is 66.3. The third kappa shape index (κ3) is 16.5. The Labute approximate surface area is 547 Å². The fourth-order valence-electron chi connectivity index (χ4n) is 10.1. The van der Waals surface area contributed by atoms with Crippen molar-refractivity contribution in [2.45, 2.75) is 36.7 Å². The summed E-state index contributed by atoms with van der Waals surface area (Å²) in [7, 11) is 0. The lowest BCUT2D eigenvalue weighted by Crippen LogP contribution is -2.38. The third-order valence-corrected chi connectivity index (χ3v) is 16.2. The van der Waals surface area contributed by atoms with Crippen molar-refractivity contribution < 1.29 is 58.9 Å². The number of hydrogen-bond donors (Lipinski definition) is 3. The van der Waals surface area contributed by atoms with Crippen molar-refractivity contribution in [3.05, 3.63) is 267 Å². The highest BCUT2D eigenvalue weighted by atomic mass is 35.5. The maximum Gasteiger partial charge on any atom is 0.416 e. The predicted molar refractivity (Wildman–Crippen MR) is 348 cm³/mol. The largest absolute Gasteiger partial charge is 0.457 e. The summed E-state index contributed by atoms with van der Waals surface area (Å²) < 4.78 is 136. The maximum atomic E-state index is 13.2. The van der Waals surface area contributed by atoms with E-state index in [2.05, 4.69) is 15.3 Å². The summed E-state index contributed by atoms with van der Waals surface area (Å²) in [6, 6.07) is 57.2. The molecule has 3 heterocycles. The first-order valence-corrected chi connectivity index (χ1v) is 30.6. The Balaban J connectivity index is 0.000000151. The fraction of sp³-hybridized carbons (Fsp3) is 0.149. The number of guanidine groups is 1. The molecule has 12 rings (SSSR count). The number of nitrogens with one attached hydrogen (secondary N) is 2. The summed E-state index contributed by atoms with van der Waals surface area (Å²) in [5.41, 5.74) is 3.73. The number of anilines is 3. The molecular formula is C67H51Cl3F9N7O4S2. The Morgan fingerprint density at radius 2 is 0.772 bits per heavy atom. The van der Waals surface area contributed by atoms with Crippen molar-refractivity contribution in [3.63, 3.8) is 0 Å². The molecule has 0 bridgehead atoms. The Bertz CT molecular complexity index is 3880. The number of rotatable bonds is 12. The number of nitrogens with zero attached hydrogens (tertiary/aromatic N) is 5. The van der Waals surface area contributed by atoms with Crippen LogP contribution in [0.4, 0.5) is 56.6 Å². The lowest BCUT2D eigenvalue weighted by molar-refractivity contribution is -0.138. The summed E-state index contributed by atoms with van der Waals surface area (Å²) in [4.78, 5) is 14.2. The molecule has 0 aromatic heterocycles. The van der Waals surface area contributed by atoms with Gasteiger partial charge in [-0.2, -0.15) is 39.5 Å². The quantitative estimate of drug-likeness (QED) is 0.0619. The molecule has 3 aliphatic rings. The number of benzene rings is 9. The van der Waals surface area contributed by atoms with Gasteiger partial charge in [-0.1, -0.05) is 83.0 Å². The molecule has 3 aliphatic heterocycles. The van der Waals surface area contributed by atoms with Crippen LogP contribution in [0.15, 0.2) is 228 Å². The summed E-state index contributed by atoms with van der Waals surface area (Å²) in [6.07, 6.45) is -11.3. The molecule has 474 valence electrons. The summed E-state index contributed by atoms with van der Waals surface area (Å²) in [6.45, 7) is 0.997. The van der Waals surface area contributed by atoms with Crippen LogP contribution in [-0.4, -0.2) is 47.3 Å². The van der Waals surface area contributed by atoms with Gasteiger partial charge in [-0.25, -0.2) is 10.5 Å². The van der Waals surface area contributed by atoms with Gasteiger partial charge in [-0.3, -0.25) is 10.2 Å². The molecule has 9 aromatic carbocycles. The number of hydrogen-bond acceptors (Lipinski definition) is 11. The minimum Gasteiger partial charge on any atom is -0.457 e. The van der Waals surface area contributed by atoms with Crippen molar-refractivity contribution in [2.75, 3.05) is 40.6 Å². The number of thioether (sulfide) groups is 1. The van der Waals surface area contributed by atoms with Crippen molar-refractivity contribution >= 4 is 92.1 Å². The Kier molecular flexibility index (Phi) is 20.8. The molecule has 1 saturated heterocycles. The zero-order valence-corrected chi connectivity index (χ0v) is 51.8.